The molecule has 2 amide bonds. The van der Waals surface area contributed by atoms with Crippen LogP contribution in [-0.4, -0.2) is 47.9 Å². The van der Waals surface area contributed by atoms with Gasteiger partial charge < -0.3 is 20.1 Å². The van der Waals surface area contributed by atoms with E-state index >= 15 is 0 Å². The maximum atomic E-state index is 12.3. The number of nitrogens with zero attached hydrogens (tertiary/aromatic N) is 1. The highest BCUT2D eigenvalue weighted by Gasteiger charge is 2.56. The van der Waals surface area contributed by atoms with Crippen molar-refractivity contribution in [2.24, 2.45) is 5.41 Å². The van der Waals surface area contributed by atoms with E-state index in [1.807, 2.05) is 11.8 Å². The maximum Gasteiger partial charge on any atom is 0.317 e. The summed E-state index contributed by atoms with van der Waals surface area (Å²) in [5.41, 5.74) is 2.28. The number of carbonyl (C=O) groups is 1. The zero-order valence-corrected chi connectivity index (χ0v) is 14.7. The van der Waals surface area contributed by atoms with E-state index in [0.29, 0.717) is 26.2 Å². The normalized spacial score (nSPS) is 26.1. The summed E-state index contributed by atoms with van der Waals surface area (Å²) in [6.07, 6.45) is 2.25. The van der Waals surface area contributed by atoms with Crippen molar-refractivity contribution in [3.63, 3.8) is 0 Å². The Bertz CT molecular complexity index is 550. The summed E-state index contributed by atoms with van der Waals surface area (Å²) in [4.78, 5) is 14.2. The van der Waals surface area contributed by atoms with Crippen molar-refractivity contribution in [3.8, 4) is 0 Å². The molecule has 6 heteroatoms. The Morgan fingerprint density at radius 1 is 1.48 bits per heavy atom. The number of rotatable bonds is 4. The molecular formula is C17H26N2O3S. The van der Waals surface area contributed by atoms with Crippen molar-refractivity contribution in [3.05, 3.63) is 21.9 Å². The molecule has 0 bridgehead atoms. The van der Waals surface area contributed by atoms with Gasteiger partial charge in [-0.2, -0.15) is 11.3 Å². The second-order valence-corrected chi connectivity index (χ2v) is 7.40. The topological polar surface area (TPSA) is 61.8 Å². The summed E-state index contributed by atoms with van der Waals surface area (Å²) in [5.74, 6) is 0. The van der Waals surface area contributed by atoms with E-state index in [1.165, 1.54) is 11.1 Å². The number of hydrogen-bond acceptors (Lipinski definition) is 4. The predicted molar refractivity (Wildman–Crippen MR) is 90.6 cm³/mol. The maximum absolute atomic E-state index is 12.3. The molecule has 1 spiro atoms. The molecule has 5 nitrogen and oxygen atoms in total. The molecule has 0 radical (unpaired) electrons. The van der Waals surface area contributed by atoms with Gasteiger partial charge in [0.05, 0.1) is 12.2 Å². The minimum Gasteiger partial charge on any atom is -0.392 e. The van der Waals surface area contributed by atoms with Gasteiger partial charge in [0.2, 0.25) is 0 Å². The summed E-state index contributed by atoms with van der Waals surface area (Å²) in [6.45, 7) is 6.70. The minimum absolute atomic E-state index is 0.00720. The van der Waals surface area contributed by atoms with E-state index in [0.717, 1.165) is 19.3 Å². The van der Waals surface area contributed by atoms with E-state index < -0.39 is 0 Å². The molecule has 2 atom stereocenters. The van der Waals surface area contributed by atoms with Crippen molar-refractivity contribution < 1.29 is 14.6 Å². The Kier molecular flexibility index (Phi) is 4.94. The van der Waals surface area contributed by atoms with Crippen LogP contribution in [0, 0.1) is 12.3 Å². The molecule has 2 fully saturated rings. The van der Waals surface area contributed by atoms with Crippen LogP contribution in [0.25, 0.3) is 0 Å². The molecule has 2 aliphatic rings. The predicted octanol–water partition coefficient (Wildman–Crippen LogP) is 2.52. The van der Waals surface area contributed by atoms with Gasteiger partial charge in [0.1, 0.15) is 0 Å². The number of thiophene rings is 1. The number of amides is 2. The SMILES string of the molecule is CCO[C@H]1C[C@@H](O)C12CCN(C(=O)NCc1cscc1C)CC2. The number of aliphatic hydroxyl groups excluding tert-OH is 1. The van der Waals surface area contributed by atoms with Gasteiger partial charge in [0, 0.05) is 38.1 Å². The third-order valence-electron chi connectivity index (χ3n) is 5.48. The molecule has 0 aromatic carbocycles. The lowest BCUT2D eigenvalue weighted by Gasteiger charge is -2.56. The average molecular weight is 338 g/mol. The summed E-state index contributed by atoms with van der Waals surface area (Å²) in [7, 11) is 0. The van der Waals surface area contributed by atoms with E-state index in [1.54, 1.807) is 11.3 Å². The highest BCUT2D eigenvalue weighted by molar-refractivity contribution is 7.08. The van der Waals surface area contributed by atoms with Crippen LogP contribution in [0.5, 0.6) is 0 Å². The van der Waals surface area contributed by atoms with E-state index in [4.69, 9.17) is 4.74 Å². The first-order chi connectivity index (χ1) is 11.1. The lowest BCUT2D eigenvalue weighted by Crippen LogP contribution is -2.63. The van der Waals surface area contributed by atoms with Gasteiger partial charge in [-0.25, -0.2) is 4.79 Å². The Balaban J connectivity index is 1.50. The van der Waals surface area contributed by atoms with Crippen LogP contribution in [0.3, 0.4) is 0 Å². The zero-order valence-electron chi connectivity index (χ0n) is 13.9. The Labute approximate surface area is 141 Å². The number of ether oxygens (including phenoxy) is 1. The number of carbonyl (C=O) groups excluding carboxylic acids is 1. The highest BCUT2D eigenvalue weighted by Crippen LogP contribution is 2.50. The number of nitrogens with one attached hydrogen (secondary N) is 1. The van der Waals surface area contributed by atoms with Crippen LogP contribution in [0.15, 0.2) is 10.8 Å². The number of aryl methyl sites for hydroxylation is 1. The first-order valence-electron chi connectivity index (χ1n) is 8.41. The number of urea groups is 1. The molecule has 128 valence electrons. The smallest absolute Gasteiger partial charge is 0.317 e. The van der Waals surface area contributed by atoms with Crippen LogP contribution < -0.4 is 5.32 Å². The van der Waals surface area contributed by atoms with Crippen molar-refractivity contribution in [1.29, 1.82) is 0 Å². The Morgan fingerprint density at radius 2 is 2.22 bits per heavy atom. The Hall–Kier alpha value is -1.11. The second-order valence-electron chi connectivity index (χ2n) is 6.65. The average Bonchev–Trinajstić information content (AvgIpc) is 2.98. The van der Waals surface area contributed by atoms with Gasteiger partial charge in [0.15, 0.2) is 0 Å². The molecule has 1 aromatic heterocycles. The molecule has 2 N–H and O–H groups in total. The summed E-state index contributed by atoms with van der Waals surface area (Å²) in [5, 5.41) is 17.4. The van der Waals surface area contributed by atoms with Crippen LogP contribution in [0.1, 0.15) is 37.3 Å². The van der Waals surface area contributed by atoms with Gasteiger partial charge >= 0.3 is 6.03 Å². The lowest BCUT2D eigenvalue weighted by atomic mass is 9.58. The van der Waals surface area contributed by atoms with Gasteiger partial charge in [-0.3, -0.25) is 0 Å². The number of likely N-dealkylation sites (tertiary alicyclic amines) is 1. The van der Waals surface area contributed by atoms with Crippen LogP contribution in [0.4, 0.5) is 4.79 Å². The third kappa shape index (κ3) is 3.12. The number of piperidine rings is 1. The number of hydrogen-bond donors (Lipinski definition) is 2. The van der Waals surface area contributed by atoms with Gasteiger partial charge in [0.25, 0.3) is 0 Å². The molecule has 23 heavy (non-hydrogen) atoms. The Morgan fingerprint density at radius 3 is 2.78 bits per heavy atom. The van der Waals surface area contributed by atoms with Crippen LogP contribution in [0.2, 0.25) is 0 Å². The molecule has 0 unspecified atom stereocenters. The van der Waals surface area contributed by atoms with Gasteiger partial charge in [-0.15, -0.1) is 0 Å². The van der Waals surface area contributed by atoms with Crippen molar-refractivity contribution in [2.45, 2.75) is 51.9 Å². The lowest BCUT2D eigenvalue weighted by molar-refractivity contribution is -0.207. The summed E-state index contributed by atoms with van der Waals surface area (Å²) in [6, 6.07) is -0.00720. The fourth-order valence-electron chi connectivity index (χ4n) is 3.79. The molecule has 1 aliphatic carbocycles. The first-order valence-corrected chi connectivity index (χ1v) is 9.35. The molecule has 1 saturated carbocycles. The van der Waals surface area contributed by atoms with Crippen molar-refractivity contribution >= 4 is 17.4 Å². The molecule has 1 saturated heterocycles. The van der Waals surface area contributed by atoms with Crippen molar-refractivity contribution in [1.82, 2.24) is 10.2 Å². The largest absolute Gasteiger partial charge is 0.392 e. The molecule has 2 heterocycles. The zero-order chi connectivity index (χ0) is 16.4. The fraction of sp³-hybridized carbons (Fsp3) is 0.706. The van der Waals surface area contributed by atoms with E-state index in [9.17, 15) is 9.90 Å². The highest BCUT2D eigenvalue weighted by atomic mass is 32.1. The fourth-order valence-corrected chi connectivity index (χ4v) is 4.65. The third-order valence-corrected chi connectivity index (χ3v) is 6.39. The number of aliphatic hydroxyl groups is 1. The minimum atomic E-state index is -0.280. The quantitative estimate of drug-likeness (QED) is 0.887. The molecule has 1 aliphatic heterocycles. The van der Waals surface area contributed by atoms with Crippen LogP contribution in [-0.2, 0) is 11.3 Å². The second kappa shape index (κ2) is 6.79. The van der Waals surface area contributed by atoms with Gasteiger partial charge in [-0.1, -0.05) is 0 Å². The van der Waals surface area contributed by atoms with E-state index in [2.05, 4.69) is 23.0 Å². The van der Waals surface area contributed by atoms with E-state index in [-0.39, 0.29) is 23.7 Å². The molecule has 3 rings (SSSR count). The van der Waals surface area contributed by atoms with Gasteiger partial charge in [-0.05, 0) is 48.6 Å². The summed E-state index contributed by atoms with van der Waals surface area (Å²) >= 11 is 1.66. The molecular weight excluding hydrogens is 312 g/mol. The monoisotopic (exact) mass is 338 g/mol. The van der Waals surface area contributed by atoms with Crippen molar-refractivity contribution in [2.75, 3.05) is 19.7 Å². The molecule has 1 aromatic rings. The van der Waals surface area contributed by atoms with Crippen LogP contribution >= 0.6 is 11.3 Å². The summed E-state index contributed by atoms with van der Waals surface area (Å²) < 4.78 is 5.77. The standard InChI is InChI=1S/C17H26N2O3S/c1-3-22-15-8-14(20)17(15)4-6-19(7-5-17)16(21)18-9-13-11-23-10-12(13)2/h10-11,14-15,20H,3-9H2,1-2H3,(H,18,21)/t14-,15+/m1/s1. The first kappa shape index (κ1) is 16.7.